The van der Waals surface area contributed by atoms with Gasteiger partial charge in [0, 0.05) is 6.54 Å². The molecule has 96 valence electrons. The van der Waals surface area contributed by atoms with Gasteiger partial charge in [0.1, 0.15) is 5.75 Å². The maximum Gasteiger partial charge on any atom is 0.160 e. The molecule has 4 heteroatoms. The number of aryl methyl sites for hydroxylation is 1. The summed E-state index contributed by atoms with van der Waals surface area (Å²) in [5, 5.41) is 8.43. The van der Waals surface area contributed by atoms with E-state index in [1.807, 2.05) is 43.1 Å². The van der Waals surface area contributed by atoms with Gasteiger partial charge in [-0.1, -0.05) is 12.1 Å². The van der Waals surface area contributed by atoms with Crippen LogP contribution in [0.2, 0.25) is 0 Å². The molecule has 0 amide bonds. The second-order valence-corrected chi connectivity index (χ2v) is 4.35. The van der Waals surface area contributed by atoms with Gasteiger partial charge in [-0.3, -0.25) is 9.69 Å². The number of methoxy groups -OCH3 is 1. The summed E-state index contributed by atoms with van der Waals surface area (Å²) in [7, 11) is 3.52. The maximum absolute atomic E-state index is 11.3. The monoisotopic (exact) mass is 246 g/mol. The standard InChI is InChI=1S/C14H18N2O2/c1-11-8-12(4-5-14(11)18-3)9-16(2)10-13(17)6-7-15/h4-5,8H,6,9-10H2,1-3H3. The van der Waals surface area contributed by atoms with Gasteiger partial charge in [-0.15, -0.1) is 0 Å². The fourth-order valence-electron chi connectivity index (χ4n) is 1.85. The Kier molecular flexibility index (Phi) is 5.34. The molecule has 4 nitrogen and oxygen atoms in total. The minimum atomic E-state index is -0.0507. The largest absolute Gasteiger partial charge is 0.496 e. The van der Waals surface area contributed by atoms with Crippen molar-refractivity contribution in [2.24, 2.45) is 0 Å². The molecule has 1 rings (SSSR count). The maximum atomic E-state index is 11.3. The lowest BCUT2D eigenvalue weighted by molar-refractivity contribution is -0.119. The SMILES string of the molecule is COc1ccc(CN(C)CC(=O)CC#N)cc1C. The van der Waals surface area contributed by atoms with E-state index in [1.165, 1.54) is 0 Å². The van der Waals surface area contributed by atoms with Gasteiger partial charge in [-0.25, -0.2) is 0 Å². The summed E-state index contributed by atoms with van der Waals surface area (Å²) in [6.07, 6.45) is -0.0218. The summed E-state index contributed by atoms with van der Waals surface area (Å²) in [4.78, 5) is 13.2. The Hall–Kier alpha value is -1.86. The first kappa shape index (κ1) is 14.2. The molecule has 0 N–H and O–H groups in total. The van der Waals surface area contributed by atoms with E-state index >= 15 is 0 Å². The molecular weight excluding hydrogens is 228 g/mol. The molecular formula is C14H18N2O2. The van der Waals surface area contributed by atoms with Gasteiger partial charge in [0.25, 0.3) is 0 Å². The van der Waals surface area contributed by atoms with E-state index in [2.05, 4.69) is 0 Å². The Morgan fingerprint density at radius 3 is 2.78 bits per heavy atom. The van der Waals surface area contributed by atoms with Gasteiger partial charge in [-0.05, 0) is 31.2 Å². The molecule has 0 radical (unpaired) electrons. The van der Waals surface area contributed by atoms with E-state index in [0.29, 0.717) is 13.1 Å². The zero-order valence-corrected chi connectivity index (χ0v) is 11.1. The molecule has 0 bridgehead atoms. The summed E-state index contributed by atoms with van der Waals surface area (Å²) in [5.41, 5.74) is 2.20. The third-order valence-electron chi connectivity index (χ3n) is 2.63. The molecule has 0 fully saturated rings. The van der Waals surface area contributed by atoms with Crippen molar-refractivity contribution in [2.45, 2.75) is 19.9 Å². The number of Topliss-reactive ketones (excluding diaryl/α,β-unsaturated/α-hetero) is 1. The highest BCUT2D eigenvalue weighted by atomic mass is 16.5. The number of nitriles is 1. The van der Waals surface area contributed by atoms with E-state index in [-0.39, 0.29) is 12.2 Å². The number of nitrogens with zero attached hydrogens (tertiary/aromatic N) is 2. The van der Waals surface area contributed by atoms with Crippen LogP contribution in [0.3, 0.4) is 0 Å². The topological polar surface area (TPSA) is 53.3 Å². The fraction of sp³-hybridized carbons (Fsp3) is 0.429. The Morgan fingerprint density at radius 1 is 1.50 bits per heavy atom. The van der Waals surface area contributed by atoms with E-state index in [4.69, 9.17) is 10.00 Å². The first-order valence-corrected chi connectivity index (χ1v) is 5.77. The molecule has 1 aromatic carbocycles. The molecule has 0 aliphatic heterocycles. The van der Waals surface area contributed by atoms with E-state index in [9.17, 15) is 4.79 Å². The highest BCUT2D eigenvalue weighted by molar-refractivity contribution is 5.82. The number of carbonyl (C=O) groups is 1. The molecule has 0 aliphatic rings. The molecule has 0 spiro atoms. The minimum absolute atomic E-state index is 0.0218. The smallest absolute Gasteiger partial charge is 0.160 e. The summed E-state index contributed by atoms with van der Waals surface area (Å²) in [6, 6.07) is 7.82. The van der Waals surface area contributed by atoms with Gasteiger partial charge in [-0.2, -0.15) is 5.26 Å². The first-order valence-electron chi connectivity index (χ1n) is 5.77. The molecule has 0 unspecified atom stereocenters. The Morgan fingerprint density at radius 2 is 2.22 bits per heavy atom. The predicted molar refractivity (Wildman–Crippen MR) is 69.3 cm³/mol. The van der Waals surface area contributed by atoms with Gasteiger partial charge in [0.05, 0.1) is 26.1 Å². The lowest BCUT2D eigenvalue weighted by atomic mass is 10.1. The summed E-state index contributed by atoms with van der Waals surface area (Å²) >= 11 is 0. The van der Waals surface area contributed by atoms with Crippen molar-refractivity contribution in [3.8, 4) is 11.8 Å². The molecule has 0 saturated carbocycles. The minimum Gasteiger partial charge on any atom is -0.496 e. The van der Waals surface area contributed by atoms with Crippen molar-refractivity contribution in [3.05, 3.63) is 29.3 Å². The van der Waals surface area contributed by atoms with Crippen LogP contribution in [0, 0.1) is 18.3 Å². The van der Waals surface area contributed by atoms with Gasteiger partial charge in [0.15, 0.2) is 5.78 Å². The molecule has 0 atom stereocenters. The fourth-order valence-corrected chi connectivity index (χ4v) is 1.85. The quantitative estimate of drug-likeness (QED) is 0.769. The zero-order chi connectivity index (χ0) is 13.5. The summed E-state index contributed by atoms with van der Waals surface area (Å²) in [5.74, 6) is 0.812. The first-order chi connectivity index (χ1) is 8.56. The molecule has 18 heavy (non-hydrogen) atoms. The molecule has 0 aromatic heterocycles. The molecule has 0 aliphatic carbocycles. The van der Waals surface area contributed by atoms with E-state index in [1.54, 1.807) is 7.11 Å². The molecule has 1 aromatic rings. The number of rotatable bonds is 6. The third-order valence-corrected chi connectivity index (χ3v) is 2.63. The van der Waals surface area contributed by atoms with Crippen molar-refractivity contribution >= 4 is 5.78 Å². The number of hydrogen-bond donors (Lipinski definition) is 0. The number of likely N-dealkylation sites (N-methyl/N-ethyl adjacent to an activating group) is 1. The second kappa shape index (κ2) is 6.77. The molecule has 0 saturated heterocycles. The van der Waals surface area contributed by atoms with Crippen LogP contribution in [0.25, 0.3) is 0 Å². The van der Waals surface area contributed by atoms with Crippen molar-refractivity contribution in [3.63, 3.8) is 0 Å². The van der Waals surface area contributed by atoms with Crippen molar-refractivity contribution in [1.82, 2.24) is 4.90 Å². The lowest BCUT2D eigenvalue weighted by Crippen LogP contribution is -2.25. The van der Waals surface area contributed by atoms with Gasteiger partial charge in [0.2, 0.25) is 0 Å². The van der Waals surface area contributed by atoms with Gasteiger partial charge >= 0.3 is 0 Å². The van der Waals surface area contributed by atoms with Crippen LogP contribution in [-0.2, 0) is 11.3 Å². The van der Waals surface area contributed by atoms with Crippen molar-refractivity contribution in [2.75, 3.05) is 20.7 Å². The number of carbonyl (C=O) groups excluding carboxylic acids is 1. The van der Waals surface area contributed by atoms with Gasteiger partial charge < -0.3 is 4.74 Å². The third kappa shape index (κ3) is 4.19. The van der Waals surface area contributed by atoms with Crippen LogP contribution < -0.4 is 4.74 Å². The average molecular weight is 246 g/mol. The number of benzene rings is 1. The number of ether oxygens (including phenoxy) is 1. The number of hydrogen-bond acceptors (Lipinski definition) is 4. The zero-order valence-electron chi connectivity index (χ0n) is 11.1. The Bertz CT molecular complexity index is 463. The lowest BCUT2D eigenvalue weighted by Gasteiger charge is -2.16. The van der Waals surface area contributed by atoms with E-state index < -0.39 is 0 Å². The Labute approximate surface area is 108 Å². The van der Waals surface area contributed by atoms with Crippen molar-refractivity contribution < 1.29 is 9.53 Å². The Balaban J connectivity index is 2.60. The van der Waals surface area contributed by atoms with Crippen LogP contribution in [0.15, 0.2) is 18.2 Å². The summed E-state index contributed by atoms with van der Waals surface area (Å²) in [6.45, 7) is 2.98. The second-order valence-electron chi connectivity index (χ2n) is 4.35. The van der Waals surface area contributed by atoms with E-state index in [0.717, 1.165) is 16.9 Å². The van der Waals surface area contributed by atoms with Crippen LogP contribution in [0.1, 0.15) is 17.5 Å². The number of ketones is 1. The highest BCUT2D eigenvalue weighted by Crippen LogP contribution is 2.19. The summed E-state index contributed by atoms with van der Waals surface area (Å²) < 4.78 is 5.20. The van der Waals surface area contributed by atoms with Crippen LogP contribution >= 0.6 is 0 Å². The highest BCUT2D eigenvalue weighted by Gasteiger charge is 2.07. The average Bonchev–Trinajstić information content (AvgIpc) is 2.29. The molecule has 0 heterocycles. The van der Waals surface area contributed by atoms with Crippen LogP contribution in [-0.4, -0.2) is 31.4 Å². The van der Waals surface area contributed by atoms with Crippen LogP contribution in [0.4, 0.5) is 0 Å². The predicted octanol–water partition coefficient (Wildman–Crippen LogP) is 1.92. The van der Waals surface area contributed by atoms with Crippen LogP contribution in [0.5, 0.6) is 5.75 Å². The normalized spacial score (nSPS) is 10.2. The van der Waals surface area contributed by atoms with Crippen molar-refractivity contribution in [1.29, 1.82) is 5.26 Å².